The Labute approximate surface area is 143 Å². The summed E-state index contributed by atoms with van der Waals surface area (Å²) in [6.45, 7) is 1.40. The van der Waals surface area contributed by atoms with Crippen LogP contribution in [0.3, 0.4) is 0 Å². The van der Waals surface area contributed by atoms with Crippen LogP contribution in [0.15, 0.2) is 47.5 Å². The molecule has 2 aromatic rings. The lowest BCUT2D eigenvalue weighted by Crippen LogP contribution is -2.24. The number of carbonyl (C=O) groups is 2. The zero-order chi connectivity index (χ0) is 17.3. The Morgan fingerprint density at radius 1 is 1.25 bits per heavy atom. The molecule has 3 N–H and O–H groups in total. The van der Waals surface area contributed by atoms with Crippen LogP contribution < -0.4 is 10.6 Å². The molecule has 6 nitrogen and oxygen atoms in total. The van der Waals surface area contributed by atoms with Crippen molar-refractivity contribution in [1.29, 1.82) is 0 Å². The van der Waals surface area contributed by atoms with Gasteiger partial charge in [-0.3, -0.25) is 9.59 Å². The second kappa shape index (κ2) is 6.43. The summed E-state index contributed by atoms with van der Waals surface area (Å²) in [6.07, 6.45) is -1.55. The van der Waals surface area contributed by atoms with Crippen LogP contribution in [0.1, 0.15) is 18.1 Å². The highest BCUT2D eigenvalue weighted by Gasteiger charge is 2.25. The predicted molar refractivity (Wildman–Crippen MR) is 92.5 cm³/mol. The lowest BCUT2D eigenvalue weighted by molar-refractivity contribution is -0.123. The molecule has 1 aliphatic heterocycles. The van der Waals surface area contributed by atoms with Crippen LogP contribution in [0, 0.1) is 0 Å². The Balaban J connectivity index is 2.20. The monoisotopic (exact) mass is 343 g/mol. The van der Waals surface area contributed by atoms with Crippen LogP contribution >= 0.6 is 11.6 Å². The van der Waals surface area contributed by atoms with Crippen molar-refractivity contribution < 1.29 is 14.7 Å². The number of aliphatic imine (C=N–C) groups is 1. The number of nitrogens with one attached hydrogen (secondary N) is 2. The average molecular weight is 344 g/mol. The van der Waals surface area contributed by atoms with E-state index in [1.165, 1.54) is 6.92 Å². The number of aliphatic hydroxyl groups excluding tert-OH is 1. The van der Waals surface area contributed by atoms with Gasteiger partial charge < -0.3 is 15.7 Å². The van der Waals surface area contributed by atoms with Gasteiger partial charge in [0.2, 0.25) is 12.1 Å². The minimum absolute atomic E-state index is 0.219. The second-order valence-corrected chi connectivity index (χ2v) is 5.67. The molecular formula is C17H14ClN3O3. The highest BCUT2D eigenvalue weighted by Crippen LogP contribution is 2.29. The summed E-state index contributed by atoms with van der Waals surface area (Å²) in [5.74, 6) is -0.852. The van der Waals surface area contributed by atoms with Crippen molar-refractivity contribution in [1.82, 2.24) is 0 Å². The molecule has 0 saturated carbocycles. The number of benzodiazepines with no additional fused rings is 1. The van der Waals surface area contributed by atoms with Crippen molar-refractivity contribution in [3.8, 4) is 0 Å². The first kappa shape index (κ1) is 16.2. The third kappa shape index (κ3) is 3.15. The van der Waals surface area contributed by atoms with Crippen LogP contribution in [-0.4, -0.2) is 28.9 Å². The van der Waals surface area contributed by atoms with Crippen LogP contribution in [0.2, 0.25) is 5.02 Å². The molecule has 1 atom stereocenters. The number of hydrogen-bond donors (Lipinski definition) is 3. The second-order valence-electron chi connectivity index (χ2n) is 5.26. The quantitative estimate of drug-likeness (QED) is 0.782. The van der Waals surface area contributed by atoms with E-state index in [9.17, 15) is 14.7 Å². The molecule has 24 heavy (non-hydrogen) atoms. The van der Waals surface area contributed by atoms with Gasteiger partial charge in [-0.1, -0.05) is 29.8 Å². The first-order chi connectivity index (χ1) is 11.5. The number of nitrogens with zero attached hydrogens (tertiary/aromatic N) is 1. The number of anilines is 2. The average Bonchev–Trinajstić information content (AvgIpc) is 2.65. The van der Waals surface area contributed by atoms with E-state index < -0.39 is 12.1 Å². The van der Waals surface area contributed by atoms with Crippen LogP contribution in [0.25, 0.3) is 0 Å². The Morgan fingerprint density at radius 3 is 2.71 bits per heavy atom. The molecule has 0 spiro atoms. The van der Waals surface area contributed by atoms with Crippen LogP contribution in [0.4, 0.5) is 11.4 Å². The maximum absolute atomic E-state index is 11.9. The fourth-order valence-corrected chi connectivity index (χ4v) is 2.67. The highest BCUT2D eigenvalue weighted by atomic mass is 35.5. The summed E-state index contributed by atoms with van der Waals surface area (Å²) in [6, 6.07) is 12.0. The minimum atomic E-state index is -1.55. The van der Waals surface area contributed by atoms with Gasteiger partial charge in [0.05, 0.1) is 11.4 Å². The predicted octanol–water partition coefficient (Wildman–Crippen LogP) is 2.41. The van der Waals surface area contributed by atoms with Crippen molar-refractivity contribution in [2.75, 3.05) is 10.6 Å². The van der Waals surface area contributed by atoms with Crippen LogP contribution in [0.5, 0.6) is 0 Å². The normalized spacial score (nSPS) is 16.5. The standard InChI is InChI=1S/C17H14ClN3O3/c1-9(22)19-10-6-7-14-12(8-10)15(21-17(24)16(23)20-14)11-4-2-3-5-13(11)18/h2-8,17,24H,1H3,(H,19,22)(H,20,23). The summed E-state index contributed by atoms with van der Waals surface area (Å²) in [5, 5.41) is 15.7. The van der Waals surface area contributed by atoms with Gasteiger partial charge >= 0.3 is 0 Å². The van der Waals surface area contributed by atoms with Gasteiger partial charge in [-0.25, -0.2) is 4.99 Å². The third-order valence-corrected chi connectivity index (χ3v) is 3.80. The summed E-state index contributed by atoms with van der Waals surface area (Å²) >= 11 is 6.25. The number of halogens is 1. The van der Waals surface area contributed by atoms with Gasteiger partial charge in [0.1, 0.15) is 0 Å². The molecule has 1 heterocycles. The Kier molecular flexibility index (Phi) is 4.33. The zero-order valence-corrected chi connectivity index (χ0v) is 13.5. The van der Waals surface area contributed by atoms with Gasteiger partial charge in [0, 0.05) is 28.8 Å². The van der Waals surface area contributed by atoms with Gasteiger partial charge in [-0.2, -0.15) is 0 Å². The summed E-state index contributed by atoms with van der Waals surface area (Å²) < 4.78 is 0. The molecule has 0 aromatic heterocycles. The summed E-state index contributed by atoms with van der Waals surface area (Å²) in [7, 11) is 0. The molecule has 7 heteroatoms. The van der Waals surface area contributed by atoms with Crippen molar-refractivity contribution >= 4 is 40.5 Å². The molecule has 2 aromatic carbocycles. The van der Waals surface area contributed by atoms with Gasteiger partial charge in [0.15, 0.2) is 0 Å². The zero-order valence-electron chi connectivity index (χ0n) is 12.7. The number of carbonyl (C=O) groups excluding carboxylic acids is 2. The van der Waals surface area contributed by atoms with E-state index in [1.807, 2.05) is 0 Å². The smallest absolute Gasteiger partial charge is 0.276 e. The van der Waals surface area contributed by atoms with E-state index in [1.54, 1.807) is 42.5 Å². The van der Waals surface area contributed by atoms with E-state index in [-0.39, 0.29) is 5.91 Å². The molecule has 0 radical (unpaired) electrons. The first-order valence-electron chi connectivity index (χ1n) is 7.19. The van der Waals surface area contributed by atoms with Crippen molar-refractivity contribution in [2.45, 2.75) is 13.2 Å². The van der Waals surface area contributed by atoms with Crippen molar-refractivity contribution in [3.63, 3.8) is 0 Å². The highest BCUT2D eigenvalue weighted by molar-refractivity contribution is 6.36. The SMILES string of the molecule is CC(=O)Nc1ccc2c(c1)C(c1ccccc1Cl)=NC(O)C(=O)N2. The topological polar surface area (TPSA) is 90.8 Å². The summed E-state index contributed by atoms with van der Waals surface area (Å²) in [5.41, 5.74) is 2.53. The maximum atomic E-state index is 11.9. The fraction of sp³-hybridized carbons (Fsp3) is 0.118. The molecule has 0 fully saturated rings. The molecule has 3 rings (SSSR count). The molecular weight excluding hydrogens is 330 g/mol. The number of hydrogen-bond acceptors (Lipinski definition) is 4. The summed E-state index contributed by atoms with van der Waals surface area (Å²) in [4.78, 5) is 27.3. The fourth-order valence-electron chi connectivity index (χ4n) is 2.45. The van der Waals surface area contributed by atoms with E-state index >= 15 is 0 Å². The Hall–Kier alpha value is -2.70. The van der Waals surface area contributed by atoms with E-state index in [0.717, 1.165) is 0 Å². The van der Waals surface area contributed by atoms with Crippen molar-refractivity contribution in [2.24, 2.45) is 4.99 Å². The number of rotatable bonds is 2. The number of benzene rings is 2. The first-order valence-corrected chi connectivity index (χ1v) is 7.57. The van der Waals surface area contributed by atoms with E-state index in [4.69, 9.17) is 11.6 Å². The molecule has 0 saturated heterocycles. The maximum Gasteiger partial charge on any atom is 0.276 e. The lowest BCUT2D eigenvalue weighted by Gasteiger charge is -2.13. The lowest BCUT2D eigenvalue weighted by atomic mass is 10.00. The molecule has 122 valence electrons. The molecule has 0 aliphatic carbocycles. The minimum Gasteiger partial charge on any atom is -0.364 e. The number of fused-ring (bicyclic) bond motifs is 1. The molecule has 1 aliphatic rings. The van der Waals surface area contributed by atoms with E-state index in [2.05, 4.69) is 15.6 Å². The van der Waals surface area contributed by atoms with Gasteiger partial charge in [0.25, 0.3) is 5.91 Å². The third-order valence-electron chi connectivity index (χ3n) is 3.47. The largest absolute Gasteiger partial charge is 0.364 e. The molecule has 0 bridgehead atoms. The number of amides is 2. The van der Waals surface area contributed by atoms with Gasteiger partial charge in [-0.05, 0) is 24.3 Å². The van der Waals surface area contributed by atoms with Crippen molar-refractivity contribution in [3.05, 3.63) is 58.6 Å². The molecule has 1 unspecified atom stereocenters. The van der Waals surface area contributed by atoms with Crippen LogP contribution in [-0.2, 0) is 9.59 Å². The van der Waals surface area contributed by atoms with E-state index in [0.29, 0.717) is 33.2 Å². The Bertz CT molecular complexity index is 864. The molecule has 2 amide bonds. The Morgan fingerprint density at radius 2 is 2.00 bits per heavy atom. The number of aliphatic hydroxyl groups is 1. The van der Waals surface area contributed by atoms with Gasteiger partial charge in [-0.15, -0.1) is 0 Å².